The third-order valence-corrected chi connectivity index (χ3v) is 3.67. The van der Waals surface area contributed by atoms with Crippen LogP contribution < -0.4 is 9.47 Å². The Labute approximate surface area is 147 Å². The van der Waals surface area contributed by atoms with Gasteiger partial charge < -0.3 is 9.47 Å². The van der Waals surface area contributed by atoms with E-state index in [4.69, 9.17) is 32.7 Å². The first kappa shape index (κ1) is 16.5. The minimum atomic E-state index is 0.392. The number of aromatic nitrogens is 6. The molecule has 0 saturated heterocycles. The molecule has 0 radical (unpaired) electrons. The molecule has 0 spiro atoms. The molecule has 8 nitrogen and oxygen atoms in total. The van der Waals surface area contributed by atoms with E-state index >= 15 is 0 Å². The lowest BCUT2D eigenvalue weighted by Crippen LogP contribution is -2.10. The number of ether oxygens (including phenoxy) is 2. The highest BCUT2D eigenvalue weighted by atomic mass is 35.5. The van der Waals surface area contributed by atoms with Crippen molar-refractivity contribution in [1.82, 2.24) is 29.5 Å². The summed E-state index contributed by atoms with van der Waals surface area (Å²) >= 11 is 12.3. The van der Waals surface area contributed by atoms with E-state index in [2.05, 4.69) is 20.2 Å². The lowest BCUT2D eigenvalue weighted by Gasteiger charge is -2.13. The van der Waals surface area contributed by atoms with Crippen LogP contribution in [0, 0.1) is 0 Å². The van der Waals surface area contributed by atoms with Gasteiger partial charge in [0.15, 0.2) is 0 Å². The minimum Gasteiger partial charge on any atom is -0.490 e. The fourth-order valence-corrected chi connectivity index (χ4v) is 2.42. The van der Waals surface area contributed by atoms with E-state index in [1.54, 1.807) is 34.2 Å². The van der Waals surface area contributed by atoms with Gasteiger partial charge in [-0.25, -0.2) is 19.3 Å². The summed E-state index contributed by atoms with van der Waals surface area (Å²) in [5, 5.41) is 8.84. The maximum atomic E-state index is 6.16. The highest BCUT2D eigenvalue weighted by molar-refractivity contribution is 6.36. The van der Waals surface area contributed by atoms with Crippen molar-refractivity contribution in [3.63, 3.8) is 0 Å². The Bertz CT molecular complexity index is 702. The van der Waals surface area contributed by atoms with Crippen molar-refractivity contribution in [3.8, 4) is 11.5 Å². The predicted octanol–water partition coefficient (Wildman–Crippen LogP) is 2.33. The van der Waals surface area contributed by atoms with Crippen LogP contribution >= 0.6 is 23.2 Å². The lowest BCUT2D eigenvalue weighted by molar-refractivity contribution is 0.277. The maximum absolute atomic E-state index is 6.16. The van der Waals surface area contributed by atoms with Crippen molar-refractivity contribution < 1.29 is 9.47 Å². The Balaban J connectivity index is 1.57. The minimum absolute atomic E-state index is 0.392. The lowest BCUT2D eigenvalue weighted by atomic mass is 10.3. The van der Waals surface area contributed by atoms with Crippen LogP contribution in [-0.2, 0) is 13.1 Å². The molecule has 24 heavy (non-hydrogen) atoms. The molecule has 2 heterocycles. The van der Waals surface area contributed by atoms with E-state index in [1.807, 2.05) is 0 Å². The van der Waals surface area contributed by atoms with E-state index in [-0.39, 0.29) is 0 Å². The number of hydrogen-bond donors (Lipinski definition) is 0. The molecular formula is C14H14Cl2N6O2. The van der Waals surface area contributed by atoms with Crippen LogP contribution in [0.2, 0.25) is 10.0 Å². The second-order valence-electron chi connectivity index (χ2n) is 4.73. The van der Waals surface area contributed by atoms with Crippen LogP contribution in [0.15, 0.2) is 37.4 Å². The number of rotatable bonds is 8. The van der Waals surface area contributed by atoms with Gasteiger partial charge in [0.05, 0.1) is 23.1 Å². The third kappa shape index (κ3) is 4.36. The van der Waals surface area contributed by atoms with Gasteiger partial charge in [0, 0.05) is 6.07 Å². The van der Waals surface area contributed by atoms with Gasteiger partial charge in [0.25, 0.3) is 0 Å². The first-order valence-corrected chi connectivity index (χ1v) is 7.87. The topological polar surface area (TPSA) is 79.9 Å². The zero-order valence-electron chi connectivity index (χ0n) is 12.5. The van der Waals surface area contributed by atoms with E-state index in [1.165, 1.54) is 12.7 Å². The molecule has 0 fully saturated rings. The molecule has 0 N–H and O–H groups in total. The summed E-state index contributed by atoms with van der Waals surface area (Å²) in [6.45, 7) is 1.90. The van der Waals surface area contributed by atoms with Gasteiger partial charge >= 0.3 is 0 Å². The van der Waals surface area contributed by atoms with Crippen LogP contribution in [0.25, 0.3) is 0 Å². The molecule has 0 saturated carbocycles. The van der Waals surface area contributed by atoms with Crippen LogP contribution in [0.5, 0.6) is 11.5 Å². The van der Waals surface area contributed by atoms with Crippen molar-refractivity contribution in [2.24, 2.45) is 0 Å². The summed E-state index contributed by atoms with van der Waals surface area (Å²) in [7, 11) is 0. The molecule has 10 heteroatoms. The quantitative estimate of drug-likeness (QED) is 0.606. The van der Waals surface area contributed by atoms with E-state index in [0.717, 1.165) is 0 Å². The van der Waals surface area contributed by atoms with E-state index in [0.29, 0.717) is 47.8 Å². The molecule has 0 aliphatic carbocycles. The Morgan fingerprint density at radius 1 is 0.792 bits per heavy atom. The monoisotopic (exact) mass is 368 g/mol. The summed E-state index contributed by atoms with van der Waals surface area (Å²) in [4.78, 5) is 7.73. The number of halogens is 2. The van der Waals surface area contributed by atoms with Gasteiger partial charge in [-0.3, -0.25) is 0 Å². The van der Waals surface area contributed by atoms with Gasteiger partial charge in [-0.15, -0.1) is 0 Å². The Hall–Kier alpha value is -2.32. The fourth-order valence-electron chi connectivity index (χ4n) is 1.93. The highest BCUT2D eigenvalue weighted by Gasteiger charge is 2.10. The zero-order valence-corrected chi connectivity index (χ0v) is 14.1. The average Bonchev–Trinajstić information content (AvgIpc) is 3.25. The van der Waals surface area contributed by atoms with Gasteiger partial charge in [-0.1, -0.05) is 23.2 Å². The molecule has 3 aromatic rings. The van der Waals surface area contributed by atoms with E-state index < -0.39 is 0 Å². The molecule has 0 amide bonds. The van der Waals surface area contributed by atoms with Gasteiger partial charge in [0.1, 0.15) is 50.0 Å². The Morgan fingerprint density at radius 2 is 1.29 bits per heavy atom. The molecule has 1 aromatic carbocycles. The highest BCUT2D eigenvalue weighted by Crippen LogP contribution is 2.35. The average molecular weight is 369 g/mol. The normalized spacial score (nSPS) is 10.8. The predicted molar refractivity (Wildman–Crippen MR) is 87.5 cm³/mol. The standard InChI is InChI=1S/C14H14Cl2N6O2/c15-11-5-12(16)14(24-4-2-22-10-18-8-20-22)6-13(11)23-3-1-21-9-17-7-19-21/h5-10H,1-4H2. The van der Waals surface area contributed by atoms with Gasteiger partial charge in [-0.2, -0.15) is 10.2 Å². The first-order chi connectivity index (χ1) is 11.7. The SMILES string of the molecule is Clc1cc(Cl)c(OCCn2cncn2)cc1OCCn1cncn1. The summed E-state index contributed by atoms with van der Waals surface area (Å²) < 4.78 is 14.7. The van der Waals surface area contributed by atoms with Crippen LogP contribution in [0.1, 0.15) is 0 Å². The van der Waals surface area contributed by atoms with Crippen molar-refractivity contribution in [1.29, 1.82) is 0 Å². The Kier molecular flexibility index (Phi) is 5.50. The summed E-state index contributed by atoms with van der Waals surface area (Å²) in [5.74, 6) is 0.994. The van der Waals surface area contributed by atoms with Gasteiger partial charge in [-0.05, 0) is 6.07 Å². The van der Waals surface area contributed by atoms with Crippen molar-refractivity contribution in [3.05, 3.63) is 47.5 Å². The summed E-state index contributed by atoms with van der Waals surface area (Å²) in [6.07, 6.45) is 6.17. The fraction of sp³-hybridized carbons (Fsp3) is 0.286. The largest absolute Gasteiger partial charge is 0.490 e. The third-order valence-electron chi connectivity index (χ3n) is 3.08. The molecule has 0 atom stereocenters. The van der Waals surface area contributed by atoms with Gasteiger partial charge in [0.2, 0.25) is 0 Å². The summed E-state index contributed by atoms with van der Waals surface area (Å²) in [6, 6.07) is 3.27. The molecule has 2 aromatic heterocycles. The van der Waals surface area contributed by atoms with Crippen LogP contribution in [0.3, 0.4) is 0 Å². The summed E-state index contributed by atoms with van der Waals surface area (Å²) in [5.41, 5.74) is 0. The molecule has 0 unspecified atom stereocenters. The second kappa shape index (κ2) is 7.98. The molecule has 126 valence electrons. The zero-order chi connectivity index (χ0) is 16.8. The molecule has 0 aliphatic rings. The first-order valence-electron chi connectivity index (χ1n) is 7.12. The number of hydrogen-bond acceptors (Lipinski definition) is 6. The number of nitrogens with zero attached hydrogens (tertiary/aromatic N) is 6. The van der Waals surface area contributed by atoms with E-state index in [9.17, 15) is 0 Å². The Morgan fingerprint density at radius 3 is 1.71 bits per heavy atom. The molecule has 0 aliphatic heterocycles. The van der Waals surface area contributed by atoms with Crippen molar-refractivity contribution in [2.45, 2.75) is 13.1 Å². The van der Waals surface area contributed by atoms with Crippen LogP contribution in [0.4, 0.5) is 0 Å². The maximum Gasteiger partial charge on any atom is 0.141 e. The smallest absolute Gasteiger partial charge is 0.141 e. The van der Waals surface area contributed by atoms with Crippen molar-refractivity contribution >= 4 is 23.2 Å². The van der Waals surface area contributed by atoms with Crippen molar-refractivity contribution in [2.75, 3.05) is 13.2 Å². The number of benzene rings is 1. The second-order valence-corrected chi connectivity index (χ2v) is 5.54. The molecule has 0 bridgehead atoms. The van der Waals surface area contributed by atoms with Crippen LogP contribution in [-0.4, -0.2) is 42.7 Å². The molecule has 3 rings (SSSR count). The molecular weight excluding hydrogens is 355 g/mol.